The number of aromatic nitrogens is 3. The number of aliphatic hydroxyl groups is 1. The molecular weight excluding hydrogens is 504 g/mol. The molecule has 0 bridgehead atoms. The number of nitrogens with zero attached hydrogens (tertiary/aromatic N) is 4. The molecule has 1 N–H and O–H groups in total. The minimum absolute atomic E-state index is 0.00805. The zero-order chi connectivity index (χ0) is 27.7. The summed E-state index contributed by atoms with van der Waals surface area (Å²) in [5.74, 6) is 1.21. The van der Waals surface area contributed by atoms with Crippen molar-refractivity contribution in [3.05, 3.63) is 89.1 Å². The number of carbonyl (C=O) groups is 1. The summed E-state index contributed by atoms with van der Waals surface area (Å²) in [5.41, 5.74) is 1.44. The summed E-state index contributed by atoms with van der Waals surface area (Å²) in [6.45, 7) is 1.14. The van der Waals surface area contributed by atoms with Crippen LogP contribution < -0.4 is 10.3 Å². The average molecular weight is 541 g/mol. The smallest absolute Gasteiger partial charge is 0.262 e. The van der Waals surface area contributed by atoms with Crippen molar-refractivity contribution >= 4 is 16.9 Å². The van der Waals surface area contributed by atoms with Gasteiger partial charge in [0.25, 0.3) is 5.56 Å². The maximum atomic E-state index is 13.6. The Morgan fingerprint density at radius 1 is 1.02 bits per heavy atom. The molecule has 0 radical (unpaired) electrons. The lowest BCUT2D eigenvalue weighted by Crippen LogP contribution is -2.51. The molecule has 2 aromatic heterocycles. The standard InChI is InChI=1S/C32H36N4O4/c1-40-25-13-11-24(12-14-25)36-18-15-28-29(36)33-22-35(31(28)38)21-32(39)16-19-34(20-17-32)30(37)27-10-6-5-9-26(27)23-7-3-2-4-8-23/h2-4,7-8,11-15,18,22,26-27,39H,5-6,9-10,16-17,19-21H2,1H3. The number of rotatable bonds is 6. The molecule has 8 heteroatoms. The van der Waals surface area contributed by atoms with Crippen LogP contribution in [0.3, 0.4) is 0 Å². The summed E-state index contributed by atoms with van der Waals surface area (Å²) >= 11 is 0. The molecule has 1 saturated carbocycles. The third-order valence-electron chi connectivity index (χ3n) is 8.80. The van der Waals surface area contributed by atoms with Crippen LogP contribution in [0.25, 0.3) is 16.7 Å². The molecular formula is C32H36N4O4. The van der Waals surface area contributed by atoms with Gasteiger partial charge in [0.15, 0.2) is 5.65 Å². The molecule has 1 saturated heterocycles. The van der Waals surface area contributed by atoms with Gasteiger partial charge in [0.2, 0.25) is 5.91 Å². The Balaban J connectivity index is 1.14. The lowest BCUT2D eigenvalue weighted by atomic mass is 9.74. The molecule has 1 aliphatic carbocycles. The Kier molecular flexibility index (Phi) is 7.19. The lowest BCUT2D eigenvalue weighted by Gasteiger charge is -2.41. The average Bonchev–Trinajstić information content (AvgIpc) is 3.44. The zero-order valence-electron chi connectivity index (χ0n) is 22.9. The first-order chi connectivity index (χ1) is 19.5. The van der Waals surface area contributed by atoms with Gasteiger partial charge < -0.3 is 19.3 Å². The highest BCUT2D eigenvalue weighted by molar-refractivity contribution is 5.80. The minimum Gasteiger partial charge on any atom is -0.497 e. The van der Waals surface area contributed by atoms with E-state index in [1.54, 1.807) is 13.2 Å². The highest BCUT2D eigenvalue weighted by Gasteiger charge is 2.39. The van der Waals surface area contributed by atoms with Crippen LogP contribution in [-0.4, -0.2) is 55.8 Å². The molecule has 40 heavy (non-hydrogen) atoms. The van der Waals surface area contributed by atoms with Gasteiger partial charge >= 0.3 is 0 Å². The molecule has 2 aromatic carbocycles. The fourth-order valence-electron chi connectivity index (χ4n) is 6.50. The van der Waals surface area contributed by atoms with Gasteiger partial charge in [-0.15, -0.1) is 0 Å². The first kappa shape index (κ1) is 26.3. The normalized spacial score (nSPS) is 20.9. The molecule has 2 unspecified atom stereocenters. The number of ether oxygens (including phenoxy) is 1. The molecule has 8 nitrogen and oxygen atoms in total. The van der Waals surface area contributed by atoms with E-state index in [1.807, 2.05) is 46.0 Å². The van der Waals surface area contributed by atoms with Gasteiger partial charge in [0.1, 0.15) is 12.1 Å². The van der Waals surface area contributed by atoms with E-state index in [0.29, 0.717) is 37.0 Å². The topological polar surface area (TPSA) is 89.6 Å². The van der Waals surface area contributed by atoms with Crippen molar-refractivity contribution in [1.29, 1.82) is 0 Å². The number of hydrogen-bond donors (Lipinski definition) is 1. The van der Waals surface area contributed by atoms with E-state index in [2.05, 4.69) is 29.2 Å². The number of hydrogen-bond acceptors (Lipinski definition) is 5. The Morgan fingerprint density at radius 3 is 2.48 bits per heavy atom. The quantitative estimate of drug-likeness (QED) is 0.388. The fourth-order valence-corrected chi connectivity index (χ4v) is 6.50. The van der Waals surface area contributed by atoms with E-state index in [-0.39, 0.29) is 29.8 Å². The fraction of sp³-hybridized carbons (Fsp3) is 0.406. The maximum Gasteiger partial charge on any atom is 0.262 e. The van der Waals surface area contributed by atoms with Crippen molar-refractivity contribution in [1.82, 2.24) is 19.0 Å². The van der Waals surface area contributed by atoms with Crippen LogP contribution in [0.4, 0.5) is 0 Å². The van der Waals surface area contributed by atoms with Gasteiger partial charge in [-0.25, -0.2) is 4.98 Å². The number of likely N-dealkylation sites (tertiary alicyclic amines) is 1. The molecule has 1 aliphatic heterocycles. The summed E-state index contributed by atoms with van der Waals surface area (Å²) in [6, 6.07) is 19.7. The summed E-state index contributed by atoms with van der Waals surface area (Å²) in [4.78, 5) is 33.5. The molecule has 4 aromatic rings. The summed E-state index contributed by atoms with van der Waals surface area (Å²) in [6.07, 6.45) is 8.39. The second-order valence-corrected chi connectivity index (χ2v) is 11.3. The third-order valence-corrected chi connectivity index (χ3v) is 8.80. The lowest BCUT2D eigenvalue weighted by molar-refractivity contribution is -0.142. The number of carbonyl (C=O) groups excluding carboxylic acids is 1. The summed E-state index contributed by atoms with van der Waals surface area (Å²) in [5, 5.41) is 12.0. The molecule has 3 heterocycles. The Labute approximate surface area is 233 Å². The van der Waals surface area contributed by atoms with E-state index >= 15 is 0 Å². The first-order valence-electron chi connectivity index (χ1n) is 14.2. The zero-order valence-corrected chi connectivity index (χ0v) is 22.9. The predicted octanol–water partition coefficient (Wildman–Crippen LogP) is 4.52. The van der Waals surface area contributed by atoms with Crippen molar-refractivity contribution in [3.63, 3.8) is 0 Å². The molecule has 2 aliphatic rings. The number of fused-ring (bicyclic) bond motifs is 1. The van der Waals surface area contributed by atoms with Crippen LogP contribution in [0.2, 0.25) is 0 Å². The largest absolute Gasteiger partial charge is 0.497 e. The number of methoxy groups -OCH3 is 1. The predicted molar refractivity (Wildman–Crippen MR) is 154 cm³/mol. The molecule has 208 valence electrons. The van der Waals surface area contributed by atoms with Crippen molar-refractivity contribution in [3.8, 4) is 11.4 Å². The van der Waals surface area contributed by atoms with Crippen molar-refractivity contribution in [2.45, 2.75) is 56.6 Å². The molecule has 0 spiro atoms. The van der Waals surface area contributed by atoms with Crippen LogP contribution in [-0.2, 0) is 11.3 Å². The SMILES string of the molecule is COc1ccc(-n2ccc3c(=O)n(CC4(O)CCN(C(=O)C5CCCCC5c5ccccc5)CC4)cnc32)cc1. The van der Waals surface area contributed by atoms with E-state index < -0.39 is 5.60 Å². The van der Waals surface area contributed by atoms with Gasteiger partial charge in [-0.3, -0.25) is 14.2 Å². The van der Waals surface area contributed by atoms with Crippen LogP contribution in [0.5, 0.6) is 5.75 Å². The van der Waals surface area contributed by atoms with Crippen LogP contribution in [0.1, 0.15) is 50.0 Å². The summed E-state index contributed by atoms with van der Waals surface area (Å²) < 4.78 is 8.61. The van der Waals surface area contributed by atoms with Crippen molar-refractivity contribution < 1.29 is 14.6 Å². The van der Waals surface area contributed by atoms with E-state index in [1.165, 1.54) is 16.5 Å². The van der Waals surface area contributed by atoms with Gasteiger partial charge in [-0.05, 0) is 67.5 Å². The van der Waals surface area contributed by atoms with Gasteiger partial charge in [-0.1, -0.05) is 43.2 Å². The Hall–Kier alpha value is -3.91. The molecule has 2 fully saturated rings. The minimum atomic E-state index is -1.07. The monoisotopic (exact) mass is 540 g/mol. The van der Waals surface area contributed by atoms with Gasteiger partial charge in [0.05, 0.1) is 24.6 Å². The Bertz CT molecular complexity index is 1530. The third kappa shape index (κ3) is 5.04. The van der Waals surface area contributed by atoms with Crippen LogP contribution >= 0.6 is 0 Å². The van der Waals surface area contributed by atoms with Gasteiger partial charge in [0, 0.05) is 30.9 Å². The Morgan fingerprint density at radius 2 is 1.75 bits per heavy atom. The maximum absolute atomic E-state index is 13.6. The number of piperidine rings is 1. The van der Waals surface area contributed by atoms with Crippen molar-refractivity contribution in [2.24, 2.45) is 5.92 Å². The first-order valence-corrected chi connectivity index (χ1v) is 14.2. The molecule has 2 atom stereocenters. The second kappa shape index (κ2) is 10.9. The van der Waals surface area contributed by atoms with E-state index in [4.69, 9.17) is 4.74 Å². The highest BCUT2D eigenvalue weighted by atomic mass is 16.5. The van der Waals surface area contributed by atoms with Gasteiger partial charge in [-0.2, -0.15) is 0 Å². The van der Waals surface area contributed by atoms with Crippen LogP contribution in [0, 0.1) is 5.92 Å². The molecule has 1 amide bonds. The molecule has 6 rings (SSSR count). The second-order valence-electron chi connectivity index (χ2n) is 11.3. The highest BCUT2D eigenvalue weighted by Crippen LogP contribution is 2.39. The summed E-state index contributed by atoms with van der Waals surface area (Å²) in [7, 11) is 1.62. The van der Waals surface area contributed by atoms with E-state index in [9.17, 15) is 14.7 Å². The number of benzene rings is 2. The van der Waals surface area contributed by atoms with E-state index in [0.717, 1.165) is 37.1 Å². The number of amides is 1. The van der Waals surface area contributed by atoms with Crippen molar-refractivity contribution in [2.75, 3.05) is 20.2 Å². The van der Waals surface area contributed by atoms with Crippen LogP contribution in [0.15, 0.2) is 78.0 Å².